The number of hydrogen-bond donors (Lipinski definition) is 1. The van der Waals surface area contributed by atoms with Gasteiger partial charge in [0.15, 0.2) is 0 Å². The van der Waals surface area contributed by atoms with Crippen molar-refractivity contribution in [3.05, 3.63) is 96.9 Å². The van der Waals surface area contributed by atoms with Crippen LogP contribution < -0.4 is 0 Å². The van der Waals surface area contributed by atoms with Gasteiger partial charge in [-0.05, 0) is 110 Å². The molecule has 0 amide bonds. The molecule has 0 spiro atoms. The molecular weight excluding hydrogens is 358 g/mol. The van der Waals surface area contributed by atoms with Gasteiger partial charge in [-0.25, -0.2) is 0 Å². The van der Waals surface area contributed by atoms with Crippen molar-refractivity contribution in [1.29, 1.82) is 0 Å². The minimum absolute atomic E-state index is 0.132. The minimum atomic E-state index is -0.132. The van der Waals surface area contributed by atoms with Gasteiger partial charge in [-0.1, -0.05) is 30.3 Å². The fourth-order valence-corrected chi connectivity index (χ4v) is 4.32. The van der Waals surface area contributed by atoms with Crippen LogP contribution in [0.5, 0.6) is 5.75 Å². The van der Waals surface area contributed by atoms with E-state index in [-0.39, 0.29) is 11.7 Å². The van der Waals surface area contributed by atoms with E-state index in [9.17, 15) is 10.0 Å². The van der Waals surface area contributed by atoms with Crippen LogP contribution in [0.15, 0.2) is 41.6 Å². The number of nitrogens with zero attached hydrogens (tertiary/aromatic N) is 1. The molecular formula is C26H29NO2. The number of nitroso groups, excluding NO2 is 1. The first-order valence-electron chi connectivity index (χ1n) is 9.98. The summed E-state index contributed by atoms with van der Waals surface area (Å²) in [6.07, 6.45) is 0. The van der Waals surface area contributed by atoms with Crippen molar-refractivity contribution >= 4 is 5.69 Å². The first-order chi connectivity index (χ1) is 13.7. The maximum Gasteiger partial charge on any atom is 0.119 e. The van der Waals surface area contributed by atoms with E-state index in [1.165, 1.54) is 27.8 Å². The molecule has 0 saturated carbocycles. The van der Waals surface area contributed by atoms with E-state index >= 15 is 0 Å². The van der Waals surface area contributed by atoms with Gasteiger partial charge in [0.1, 0.15) is 11.4 Å². The van der Waals surface area contributed by atoms with Gasteiger partial charge in [0.05, 0.1) is 0 Å². The highest BCUT2D eigenvalue weighted by Gasteiger charge is 2.26. The Balaban J connectivity index is 2.43. The molecule has 0 aliphatic carbocycles. The van der Waals surface area contributed by atoms with Crippen LogP contribution in [-0.4, -0.2) is 5.11 Å². The van der Waals surface area contributed by atoms with Crippen molar-refractivity contribution in [2.24, 2.45) is 5.18 Å². The summed E-state index contributed by atoms with van der Waals surface area (Å²) in [4.78, 5) is 11.4. The molecule has 0 bridgehead atoms. The summed E-state index contributed by atoms with van der Waals surface area (Å²) in [5, 5.41) is 14.0. The Morgan fingerprint density at radius 2 is 1.24 bits per heavy atom. The molecule has 3 rings (SSSR count). The lowest BCUT2D eigenvalue weighted by Gasteiger charge is -2.27. The Hall–Kier alpha value is -2.94. The maximum absolute atomic E-state index is 11.4. The molecule has 0 aromatic heterocycles. The molecule has 3 aromatic rings. The van der Waals surface area contributed by atoms with Crippen LogP contribution in [0.2, 0.25) is 0 Å². The Morgan fingerprint density at radius 3 is 1.83 bits per heavy atom. The zero-order valence-corrected chi connectivity index (χ0v) is 18.3. The summed E-state index contributed by atoms with van der Waals surface area (Å²) in [5.41, 5.74) is 11.5. The molecule has 1 N–H and O–H groups in total. The molecule has 1 atom stereocenters. The number of aromatic hydroxyl groups is 1. The number of rotatable bonds is 4. The summed E-state index contributed by atoms with van der Waals surface area (Å²) in [5.74, 6) is 0.146. The van der Waals surface area contributed by atoms with E-state index in [0.29, 0.717) is 5.69 Å². The van der Waals surface area contributed by atoms with Crippen LogP contribution in [0.25, 0.3) is 0 Å². The van der Waals surface area contributed by atoms with Gasteiger partial charge < -0.3 is 5.11 Å². The third-order valence-corrected chi connectivity index (χ3v) is 6.58. The van der Waals surface area contributed by atoms with E-state index in [4.69, 9.17) is 0 Å². The zero-order chi connectivity index (χ0) is 21.5. The molecule has 3 nitrogen and oxygen atoms in total. The smallest absolute Gasteiger partial charge is 0.119 e. The van der Waals surface area contributed by atoms with Crippen LogP contribution in [0, 0.1) is 53.4 Å². The molecule has 0 aliphatic heterocycles. The van der Waals surface area contributed by atoms with Gasteiger partial charge in [0.25, 0.3) is 0 Å². The van der Waals surface area contributed by atoms with Crippen molar-refractivity contribution < 1.29 is 5.11 Å². The molecule has 0 aliphatic rings. The number of aryl methyl sites for hydroxylation is 2. The molecule has 0 heterocycles. The van der Waals surface area contributed by atoms with Crippen molar-refractivity contribution in [3.63, 3.8) is 0 Å². The number of para-hydroxylation sites is 1. The lowest BCUT2D eigenvalue weighted by Crippen LogP contribution is -2.11. The Morgan fingerprint density at radius 1 is 0.690 bits per heavy atom. The molecule has 1 unspecified atom stereocenters. The highest BCUT2D eigenvalue weighted by Crippen LogP contribution is 2.43. The second kappa shape index (κ2) is 7.82. The molecule has 0 saturated heterocycles. The van der Waals surface area contributed by atoms with Gasteiger partial charge in [-0.15, -0.1) is 4.91 Å². The lowest BCUT2D eigenvalue weighted by molar-refractivity contribution is 0.467. The first kappa shape index (κ1) is 20.8. The second-order valence-corrected chi connectivity index (χ2v) is 8.12. The van der Waals surface area contributed by atoms with Crippen LogP contribution in [0.3, 0.4) is 0 Å². The standard InChI is InChI=1S/C26H29NO2/c1-14-12-22(18(5)17(4)16(14)3)25(21-10-8-9-11-24(21)28)23-13-15(2)26(27-29)20(7)19(23)6/h8-13,25,28H,1-7H3. The van der Waals surface area contributed by atoms with E-state index in [1.807, 2.05) is 39.0 Å². The summed E-state index contributed by atoms with van der Waals surface area (Å²) in [7, 11) is 0. The predicted octanol–water partition coefficient (Wildman–Crippen LogP) is 7.13. The van der Waals surface area contributed by atoms with E-state index in [2.05, 4.69) is 45.0 Å². The van der Waals surface area contributed by atoms with E-state index in [0.717, 1.165) is 27.8 Å². The third kappa shape index (κ3) is 3.46. The zero-order valence-electron chi connectivity index (χ0n) is 18.3. The molecule has 150 valence electrons. The Labute approximate surface area is 173 Å². The maximum atomic E-state index is 11.4. The molecule has 0 radical (unpaired) electrons. The van der Waals surface area contributed by atoms with Gasteiger partial charge in [0, 0.05) is 11.5 Å². The Bertz CT molecular complexity index is 1110. The van der Waals surface area contributed by atoms with Crippen LogP contribution in [0.1, 0.15) is 61.6 Å². The highest BCUT2D eigenvalue weighted by atomic mass is 16.3. The molecule has 29 heavy (non-hydrogen) atoms. The quantitative estimate of drug-likeness (QED) is 0.382. The Kier molecular flexibility index (Phi) is 5.61. The number of hydrogen-bond acceptors (Lipinski definition) is 3. The van der Waals surface area contributed by atoms with Crippen LogP contribution >= 0.6 is 0 Å². The average molecular weight is 388 g/mol. The number of benzene rings is 3. The van der Waals surface area contributed by atoms with Crippen molar-refractivity contribution in [1.82, 2.24) is 0 Å². The molecule has 3 aromatic carbocycles. The van der Waals surface area contributed by atoms with E-state index in [1.54, 1.807) is 6.07 Å². The largest absolute Gasteiger partial charge is 0.508 e. The molecule has 0 fully saturated rings. The third-order valence-electron chi connectivity index (χ3n) is 6.58. The summed E-state index contributed by atoms with van der Waals surface area (Å²) >= 11 is 0. The van der Waals surface area contributed by atoms with Crippen molar-refractivity contribution in [2.45, 2.75) is 54.4 Å². The van der Waals surface area contributed by atoms with Gasteiger partial charge in [-0.2, -0.15) is 0 Å². The summed E-state index contributed by atoms with van der Waals surface area (Å²) in [6, 6.07) is 11.8. The predicted molar refractivity (Wildman–Crippen MR) is 121 cm³/mol. The topological polar surface area (TPSA) is 49.7 Å². The number of phenolic OH excluding ortho intramolecular Hbond substituents is 1. The second-order valence-electron chi connectivity index (χ2n) is 8.12. The normalized spacial score (nSPS) is 12.1. The summed E-state index contributed by atoms with van der Waals surface area (Å²) in [6.45, 7) is 14.5. The number of phenols is 1. The SMILES string of the molecule is Cc1cc(C(c2ccccc2O)c2cc(C)c(N=O)c(C)c2C)c(C)c(C)c1C. The molecule has 3 heteroatoms. The average Bonchev–Trinajstić information content (AvgIpc) is 2.69. The fraction of sp³-hybridized carbons (Fsp3) is 0.308. The minimum Gasteiger partial charge on any atom is -0.508 e. The van der Waals surface area contributed by atoms with Crippen molar-refractivity contribution in [3.8, 4) is 5.75 Å². The van der Waals surface area contributed by atoms with Gasteiger partial charge >= 0.3 is 0 Å². The summed E-state index contributed by atoms with van der Waals surface area (Å²) < 4.78 is 0. The first-order valence-corrected chi connectivity index (χ1v) is 9.98. The monoisotopic (exact) mass is 387 g/mol. The van der Waals surface area contributed by atoms with E-state index < -0.39 is 0 Å². The van der Waals surface area contributed by atoms with Crippen molar-refractivity contribution in [2.75, 3.05) is 0 Å². The lowest BCUT2D eigenvalue weighted by atomic mass is 9.77. The van der Waals surface area contributed by atoms with Crippen LogP contribution in [-0.2, 0) is 0 Å². The fourth-order valence-electron chi connectivity index (χ4n) is 4.32. The van der Waals surface area contributed by atoms with Gasteiger partial charge in [0.2, 0.25) is 0 Å². The van der Waals surface area contributed by atoms with Crippen LogP contribution in [0.4, 0.5) is 5.69 Å². The highest BCUT2D eigenvalue weighted by molar-refractivity contribution is 5.63. The van der Waals surface area contributed by atoms with Gasteiger partial charge in [-0.3, -0.25) is 0 Å².